The lowest BCUT2D eigenvalue weighted by molar-refractivity contribution is 0.523. The monoisotopic (exact) mass is 344 g/mol. The van der Waals surface area contributed by atoms with Crippen LogP contribution < -0.4 is 0 Å². The Labute approximate surface area is 105 Å². The van der Waals surface area contributed by atoms with Crippen LogP contribution in [0.2, 0.25) is 5.02 Å². The maximum Gasteiger partial charge on any atom is 0.0887 e. The Morgan fingerprint density at radius 1 is 1.54 bits per heavy atom. The van der Waals surface area contributed by atoms with Crippen molar-refractivity contribution in [2.45, 2.75) is 25.7 Å². The highest BCUT2D eigenvalue weighted by atomic mass is 79.9. The van der Waals surface area contributed by atoms with Gasteiger partial charge in [-0.05, 0) is 33.8 Å². The van der Waals surface area contributed by atoms with E-state index >= 15 is 0 Å². The largest absolute Gasteiger partial charge is 0.131 e. The maximum absolute atomic E-state index is 5.99. The second-order valence-electron chi connectivity index (χ2n) is 3.56. The van der Waals surface area contributed by atoms with Gasteiger partial charge in [0.2, 0.25) is 0 Å². The Hall–Kier alpha value is 0.950. The lowest BCUT2D eigenvalue weighted by Crippen LogP contribution is -2.15. The summed E-state index contributed by atoms with van der Waals surface area (Å²) in [5.41, 5.74) is 0.212. The van der Waals surface area contributed by atoms with Crippen molar-refractivity contribution in [3.63, 3.8) is 0 Å². The van der Waals surface area contributed by atoms with E-state index in [2.05, 4.69) is 51.8 Å². The molecule has 0 atom stereocenters. The Bertz CT molecular complexity index is 274. The van der Waals surface area contributed by atoms with E-state index in [9.17, 15) is 0 Å². The Kier molecular flexibility index (Phi) is 4.30. The summed E-state index contributed by atoms with van der Waals surface area (Å²) < 4.78 is 1.03. The topological polar surface area (TPSA) is 0 Å². The third-order valence-electron chi connectivity index (χ3n) is 2.03. The van der Waals surface area contributed by atoms with Gasteiger partial charge in [0.15, 0.2) is 0 Å². The maximum atomic E-state index is 5.99. The van der Waals surface area contributed by atoms with Gasteiger partial charge in [-0.1, -0.05) is 41.4 Å². The van der Waals surface area contributed by atoms with E-state index in [-0.39, 0.29) is 5.41 Å². The van der Waals surface area contributed by atoms with Crippen LogP contribution in [0.3, 0.4) is 0 Å². The molecule has 1 aromatic heterocycles. The van der Waals surface area contributed by atoms with E-state index in [1.165, 1.54) is 4.88 Å². The summed E-state index contributed by atoms with van der Waals surface area (Å²) >= 11 is 14.6. The first-order chi connectivity index (χ1) is 5.97. The van der Waals surface area contributed by atoms with Gasteiger partial charge in [-0.25, -0.2) is 0 Å². The van der Waals surface area contributed by atoms with E-state index in [0.29, 0.717) is 0 Å². The van der Waals surface area contributed by atoms with Gasteiger partial charge in [-0.2, -0.15) is 0 Å². The molecule has 4 heteroatoms. The second-order valence-corrected chi connectivity index (χ2v) is 7.13. The number of thiophene rings is 1. The molecule has 0 bridgehead atoms. The lowest BCUT2D eigenvalue weighted by atomic mass is 9.89. The van der Waals surface area contributed by atoms with Gasteiger partial charge in [-0.3, -0.25) is 0 Å². The fourth-order valence-corrected chi connectivity index (χ4v) is 3.86. The molecule has 0 aromatic carbocycles. The second kappa shape index (κ2) is 4.65. The Morgan fingerprint density at radius 3 is 2.54 bits per heavy atom. The summed E-state index contributed by atoms with van der Waals surface area (Å²) in [6.45, 7) is 4.48. The minimum Gasteiger partial charge on any atom is -0.131 e. The summed E-state index contributed by atoms with van der Waals surface area (Å²) in [6.07, 6.45) is 1.12. The molecule has 1 heterocycles. The van der Waals surface area contributed by atoms with Crippen molar-refractivity contribution < 1.29 is 0 Å². The van der Waals surface area contributed by atoms with Crippen LogP contribution in [0.4, 0.5) is 0 Å². The number of hydrogen-bond donors (Lipinski definition) is 0. The van der Waals surface area contributed by atoms with Gasteiger partial charge < -0.3 is 0 Å². The molecule has 0 saturated heterocycles. The fourth-order valence-electron chi connectivity index (χ4n) is 1.04. The highest BCUT2D eigenvalue weighted by Crippen LogP contribution is 2.40. The van der Waals surface area contributed by atoms with Crippen molar-refractivity contribution in [3.8, 4) is 0 Å². The normalized spacial score (nSPS) is 12.1. The summed E-state index contributed by atoms with van der Waals surface area (Å²) in [5.74, 6) is 0. The van der Waals surface area contributed by atoms with Gasteiger partial charge in [0.1, 0.15) is 0 Å². The molecule has 1 aromatic rings. The third-order valence-corrected chi connectivity index (χ3v) is 5.27. The molecule has 0 nitrogen and oxygen atoms in total. The third kappa shape index (κ3) is 2.95. The molecule has 1 rings (SSSR count). The number of hydrogen-bond acceptors (Lipinski definition) is 1. The quantitative estimate of drug-likeness (QED) is 0.658. The summed E-state index contributed by atoms with van der Waals surface area (Å²) in [5, 5.41) is 1.84. The highest BCUT2D eigenvalue weighted by molar-refractivity contribution is 9.11. The molecule has 0 amide bonds. The van der Waals surface area contributed by atoms with Crippen LogP contribution in [0.15, 0.2) is 9.85 Å². The fraction of sp³-hybridized carbons (Fsp3) is 0.556. The first kappa shape index (κ1) is 12.0. The lowest BCUT2D eigenvalue weighted by Gasteiger charge is -2.21. The van der Waals surface area contributed by atoms with Gasteiger partial charge >= 0.3 is 0 Å². The van der Waals surface area contributed by atoms with E-state index in [4.69, 9.17) is 11.6 Å². The van der Waals surface area contributed by atoms with Crippen molar-refractivity contribution in [1.29, 1.82) is 0 Å². The number of alkyl halides is 1. The molecular formula is C9H11Br2ClS. The SMILES string of the molecule is CC(C)(CCBr)c1cc(Cl)c(Br)s1. The molecule has 0 aliphatic heterocycles. The first-order valence-corrected chi connectivity index (χ1v) is 7.09. The molecule has 13 heavy (non-hydrogen) atoms. The zero-order valence-electron chi connectivity index (χ0n) is 7.53. The molecule has 0 radical (unpaired) electrons. The van der Waals surface area contributed by atoms with Crippen LogP contribution in [-0.2, 0) is 5.41 Å². The average molecular weight is 347 g/mol. The van der Waals surface area contributed by atoms with Crippen molar-refractivity contribution >= 4 is 54.8 Å². The minimum absolute atomic E-state index is 0.212. The van der Waals surface area contributed by atoms with Gasteiger partial charge in [0.05, 0.1) is 8.81 Å². The Balaban J connectivity index is 2.93. The molecule has 0 unspecified atom stereocenters. The van der Waals surface area contributed by atoms with Gasteiger partial charge in [-0.15, -0.1) is 11.3 Å². The van der Waals surface area contributed by atoms with Crippen LogP contribution in [0.5, 0.6) is 0 Å². The molecule has 0 fully saturated rings. The van der Waals surface area contributed by atoms with E-state index in [1.807, 2.05) is 0 Å². The van der Waals surface area contributed by atoms with Gasteiger partial charge in [0.25, 0.3) is 0 Å². The predicted octanol–water partition coefficient (Wildman–Crippen LogP) is 5.23. The van der Waals surface area contributed by atoms with E-state index in [0.717, 1.165) is 20.6 Å². The Morgan fingerprint density at radius 2 is 2.15 bits per heavy atom. The zero-order valence-corrected chi connectivity index (χ0v) is 12.3. The highest BCUT2D eigenvalue weighted by Gasteiger charge is 2.22. The average Bonchev–Trinajstić information content (AvgIpc) is 2.33. The van der Waals surface area contributed by atoms with Crippen molar-refractivity contribution in [3.05, 3.63) is 19.8 Å². The summed E-state index contributed by atoms with van der Waals surface area (Å²) in [6, 6.07) is 2.05. The van der Waals surface area contributed by atoms with E-state index < -0.39 is 0 Å². The zero-order chi connectivity index (χ0) is 10.1. The number of halogens is 3. The molecule has 0 spiro atoms. The molecule has 0 aliphatic rings. The molecule has 0 N–H and O–H groups in total. The number of rotatable bonds is 3. The van der Waals surface area contributed by atoms with Crippen molar-refractivity contribution in [1.82, 2.24) is 0 Å². The standard InChI is InChI=1S/C9H11Br2ClS/c1-9(2,3-4-10)7-5-6(12)8(11)13-7/h5H,3-4H2,1-2H3. The van der Waals surface area contributed by atoms with Crippen LogP contribution >= 0.6 is 54.8 Å². The van der Waals surface area contributed by atoms with Crippen LogP contribution in [0.25, 0.3) is 0 Å². The molecule has 74 valence electrons. The first-order valence-electron chi connectivity index (χ1n) is 3.98. The van der Waals surface area contributed by atoms with Crippen LogP contribution in [0, 0.1) is 0 Å². The molecular weight excluding hydrogens is 335 g/mol. The van der Waals surface area contributed by atoms with Crippen LogP contribution in [-0.4, -0.2) is 5.33 Å². The molecule has 0 aliphatic carbocycles. The summed E-state index contributed by atoms with van der Waals surface area (Å²) in [7, 11) is 0. The van der Waals surface area contributed by atoms with Crippen molar-refractivity contribution in [2.75, 3.05) is 5.33 Å². The summed E-state index contributed by atoms with van der Waals surface area (Å²) in [4.78, 5) is 1.34. The predicted molar refractivity (Wildman–Crippen MR) is 68.5 cm³/mol. The smallest absolute Gasteiger partial charge is 0.0887 e. The van der Waals surface area contributed by atoms with Crippen molar-refractivity contribution in [2.24, 2.45) is 0 Å². The minimum atomic E-state index is 0.212. The van der Waals surface area contributed by atoms with Gasteiger partial charge in [0, 0.05) is 10.2 Å². The molecule has 0 saturated carbocycles. The van der Waals surface area contributed by atoms with E-state index in [1.54, 1.807) is 11.3 Å². The van der Waals surface area contributed by atoms with Crippen LogP contribution in [0.1, 0.15) is 25.1 Å².